The zero-order valence-corrected chi connectivity index (χ0v) is 12.9. The van der Waals surface area contributed by atoms with Gasteiger partial charge < -0.3 is 5.32 Å². The van der Waals surface area contributed by atoms with Crippen LogP contribution in [0.4, 0.5) is 0 Å². The Kier molecular flexibility index (Phi) is 3.89. The Morgan fingerprint density at radius 1 is 1.30 bits per heavy atom. The molecule has 4 heteroatoms. The highest BCUT2D eigenvalue weighted by molar-refractivity contribution is 6.42. The van der Waals surface area contributed by atoms with Crippen molar-refractivity contribution < 1.29 is 4.79 Å². The molecule has 1 N–H and O–H groups in total. The standard InChI is InChI=1S/C16H17Cl2NO/c1-2-15(20)16-11(8-10-4-6-14(16)19-10)9-3-5-12(17)13(18)7-9/h3,5,7,10,14,19H,2,4,6,8H2,1H3. The summed E-state index contributed by atoms with van der Waals surface area (Å²) in [4.78, 5) is 12.3. The van der Waals surface area contributed by atoms with Crippen LogP contribution in [0.1, 0.15) is 38.2 Å². The third-order valence-corrected chi connectivity index (χ3v) is 4.99. The molecule has 1 aromatic rings. The number of carbonyl (C=O) groups excluding carboxylic acids is 1. The van der Waals surface area contributed by atoms with Crippen molar-refractivity contribution in [2.45, 2.75) is 44.7 Å². The zero-order chi connectivity index (χ0) is 14.3. The van der Waals surface area contributed by atoms with E-state index in [2.05, 4.69) is 5.32 Å². The lowest BCUT2D eigenvalue weighted by Gasteiger charge is -2.27. The summed E-state index contributed by atoms with van der Waals surface area (Å²) in [5.41, 5.74) is 3.15. The molecule has 0 spiro atoms. The quantitative estimate of drug-likeness (QED) is 0.904. The van der Waals surface area contributed by atoms with E-state index in [1.165, 1.54) is 0 Å². The van der Waals surface area contributed by atoms with Crippen LogP contribution >= 0.6 is 23.2 Å². The van der Waals surface area contributed by atoms with Gasteiger partial charge in [0, 0.05) is 24.1 Å². The van der Waals surface area contributed by atoms with Crippen LogP contribution in [-0.2, 0) is 4.79 Å². The Hall–Kier alpha value is -0.830. The van der Waals surface area contributed by atoms with Gasteiger partial charge >= 0.3 is 0 Å². The third kappa shape index (κ3) is 2.41. The molecule has 2 unspecified atom stereocenters. The SMILES string of the molecule is CCC(=O)C1=C(c2ccc(Cl)c(Cl)c2)CC2CCC1N2. The van der Waals surface area contributed by atoms with Crippen molar-refractivity contribution in [2.24, 2.45) is 0 Å². The molecular formula is C16H17Cl2NO. The average Bonchev–Trinajstić information content (AvgIpc) is 2.82. The second-order valence-corrected chi connectivity index (χ2v) is 6.31. The normalized spacial score (nSPS) is 25.1. The number of halogens is 2. The van der Waals surface area contributed by atoms with Crippen molar-refractivity contribution in [3.8, 4) is 0 Å². The molecule has 2 aliphatic rings. The first kappa shape index (κ1) is 14.1. The van der Waals surface area contributed by atoms with Crippen molar-refractivity contribution >= 4 is 34.6 Å². The highest BCUT2D eigenvalue weighted by Crippen LogP contribution is 2.39. The molecule has 0 aromatic heterocycles. The lowest BCUT2D eigenvalue weighted by Crippen LogP contribution is -2.38. The van der Waals surface area contributed by atoms with Gasteiger partial charge in [-0.15, -0.1) is 0 Å². The Bertz CT molecular complexity index is 594. The van der Waals surface area contributed by atoms with E-state index in [1.807, 2.05) is 25.1 Å². The van der Waals surface area contributed by atoms with Crippen LogP contribution in [0, 0.1) is 0 Å². The van der Waals surface area contributed by atoms with Crippen LogP contribution in [0.5, 0.6) is 0 Å². The van der Waals surface area contributed by atoms with Crippen LogP contribution in [0.3, 0.4) is 0 Å². The summed E-state index contributed by atoms with van der Waals surface area (Å²) >= 11 is 12.1. The van der Waals surface area contributed by atoms with Gasteiger partial charge in [0.2, 0.25) is 0 Å². The summed E-state index contributed by atoms with van der Waals surface area (Å²) in [6, 6.07) is 6.36. The van der Waals surface area contributed by atoms with Gasteiger partial charge in [0.1, 0.15) is 0 Å². The van der Waals surface area contributed by atoms with Gasteiger partial charge in [-0.2, -0.15) is 0 Å². The molecule has 0 radical (unpaired) electrons. The van der Waals surface area contributed by atoms with Gasteiger partial charge in [-0.05, 0) is 42.5 Å². The van der Waals surface area contributed by atoms with Gasteiger partial charge in [-0.25, -0.2) is 0 Å². The number of Topliss-reactive ketones (excluding diaryl/α,β-unsaturated/α-hetero) is 1. The second-order valence-electron chi connectivity index (χ2n) is 5.50. The van der Waals surface area contributed by atoms with E-state index in [0.29, 0.717) is 22.5 Å². The Labute approximate surface area is 129 Å². The van der Waals surface area contributed by atoms with Crippen molar-refractivity contribution in [1.82, 2.24) is 5.32 Å². The fourth-order valence-corrected chi connectivity index (χ4v) is 3.58. The summed E-state index contributed by atoms with van der Waals surface area (Å²) in [6.07, 6.45) is 3.63. The first-order valence-corrected chi connectivity index (χ1v) is 7.83. The van der Waals surface area contributed by atoms with E-state index in [4.69, 9.17) is 23.2 Å². The Morgan fingerprint density at radius 2 is 2.10 bits per heavy atom. The average molecular weight is 310 g/mol. The smallest absolute Gasteiger partial charge is 0.160 e. The molecule has 0 saturated carbocycles. The molecule has 2 heterocycles. The summed E-state index contributed by atoms with van der Waals surface area (Å²) in [7, 11) is 0. The molecular weight excluding hydrogens is 293 g/mol. The van der Waals surface area contributed by atoms with E-state index in [0.717, 1.165) is 36.0 Å². The van der Waals surface area contributed by atoms with E-state index >= 15 is 0 Å². The van der Waals surface area contributed by atoms with Gasteiger partial charge in [0.25, 0.3) is 0 Å². The minimum absolute atomic E-state index is 0.214. The largest absolute Gasteiger partial charge is 0.307 e. The maximum atomic E-state index is 12.3. The number of benzene rings is 1. The molecule has 1 aromatic carbocycles. The molecule has 3 rings (SSSR count). The predicted molar refractivity (Wildman–Crippen MR) is 83.2 cm³/mol. The maximum Gasteiger partial charge on any atom is 0.160 e. The number of hydrogen-bond acceptors (Lipinski definition) is 2. The van der Waals surface area contributed by atoms with Crippen LogP contribution in [-0.4, -0.2) is 17.9 Å². The summed E-state index contributed by atoms with van der Waals surface area (Å²) < 4.78 is 0. The maximum absolute atomic E-state index is 12.3. The van der Waals surface area contributed by atoms with Crippen molar-refractivity contribution in [2.75, 3.05) is 0 Å². The Morgan fingerprint density at radius 3 is 2.80 bits per heavy atom. The van der Waals surface area contributed by atoms with Crippen LogP contribution in [0.15, 0.2) is 23.8 Å². The monoisotopic (exact) mass is 309 g/mol. The molecule has 2 atom stereocenters. The van der Waals surface area contributed by atoms with Gasteiger partial charge in [0.15, 0.2) is 5.78 Å². The van der Waals surface area contributed by atoms with Crippen molar-refractivity contribution in [1.29, 1.82) is 0 Å². The molecule has 1 saturated heterocycles. The number of nitrogens with one attached hydrogen (secondary N) is 1. The highest BCUT2D eigenvalue weighted by Gasteiger charge is 2.36. The van der Waals surface area contributed by atoms with Gasteiger partial charge in [-0.1, -0.05) is 36.2 Å². The number of carbonyl (C=O) groups is 1. The van der Waals surface area contributed by atoms with Crippen LogP contribution < -0.4 is 5.32 Å². The first-order valence-electron chi connectivity index (χ1n) is 7.08. The Balaban J connectivity index is 2.10. The molecule has 0 amide bonds. The lowest BCUT2D eigenvalue weighted by molar-refractivity contribution is -0.115. The molecule has 2 aliphatic heterocycles. The van der Waals surface area contributed by atoms with Gasteiger partial charge in [0.05, 0.1) is 10.0 Å². The molecule has 106 valence electrons. The summed E-state index contributed by atoms with van der Waals surface area (Å²) in [5.74, 6) is 0.240. The predicted octanol–water partition coefficient (Wildman–Crippen LogP) is 4.25. The van der Waals surface area contributed by atoms with E-state index in [9.17, 15) is 4.79 Å². The van der Waals surface area contributed by atoms with Crippen LogP contribution in [0.2, 0.25) is 10.0 Å². The summed E-state index contributed by atoms with van der Waals surface area (Å²) in [5, 5.41) is 4.64. The van der Waals surface area contributed by atoms with Crippen LogP contribution in [0.25, 0.3) is 5.57 Å². The highest BCUT2D eigenvalue weighted by atomic mass is 35.5. The molecule has 2 bridgehead atoms. The van der Waals surface area contributed by atoms with Crippen molar-refractivity contribution in [3.63, 3.8) is 0 Å². The first-order chi connectivity index (χ1) is 9.60. The number of fused-ring (bicyclic) bond motifs is 2. The topological polar surface area (TPSA) is 29.1 Å². The fourth-order valence-electron chi connectivity index (χ4n) is 3.28. The second kappa shape index (κ2) is 5.51. The fraction of sp³-hybridized carbons (Fsp3) is 0.438. The minimum atomic E-state index is 0.214. The minimum Gasteiger partial charge on any atom is -0.307 e. The number of ketones is 1. The zero-order valence-electron chi connectivity index (χ0n) is 11.4. The molecule has 1 fully saturated rings. The van der Waals surface area contributed by atoms with E-state index in [1.54, 1.807) is 0 Å². The number of hydrogen-bond donors (Lipinski definition) is 1. The lowest BCUT2D eigenvalue weighted by atomic mass is 9.87. The molecule has 2 nitrogen and oxygen atoms in total. The van der Waals surface area contributed by atoms with Crippen molar-refractivity contribution in [3.05, 3.63) is 39.4 Å². The third-order valence-electron chi connectivity index (χ3n) is 4.25. The molecule has 20 heavy (non-hydrogen) atoms. The molecule has 0 aliphatic carbocycles. The van der Waals surface area contributed by atoms with E-state index in [-0.39, 0.29) is 11.8 Å². The van der Waals surface area contributed by atoms with Gasteiger partial charge in [-0.3, -0.25) is 4.79 Å². The summed E-state index contributed by atoms with van der Waals surface area (Å²) in [6.45, 7) is 1.92. The van der Waals surface area contributed by atoms with E-state index < -0.39 is 0 Å². The number of rotatable bonds is 3.